The lowest BCUT2D eigenvalue weighted by atomic mass is 10.0. The Kier molecular flexibility index (Phi) is 4.12. The van der Waals surface area contributed by atoms with Crippen LogP contribution < -0.4 is 11.1 Å². The van der Waals surface area contributed by atoms with Gasteiger partial charge in [-0.25, -0.2) is 0 Å². The average molecular weight is 295 g/mol. The summed E-state index contributed by atoms with van der Waals surface area (Å²) in [5, 5.41) is 5.96. The van der Waals surface area contributed by atoms with Gasteiger partial charge in [0.25, 0.3) is 5.91 Å². The maximum atomic E-state index is 12.2. The molecule has 0 radical (unpaired) electrons. The minimum atomic E-state index is -0.140. The highest BCUT2D eigenvalue weighted by molar-refractivity contribution is 7.15. The highest BCUT2D eigenvalue weighted by atomic mass is 35.5. The lowest BCUT2D eigenvalue weighted by molar-refractivity contribution is 0.0945. The number of carbonyl (C=O) groups excluding carboxylic acids is 1. The molecule has 1 heterocycles. The molecular formula is C14H15ClN2OS. The lowest BCUT2D eigenvalue weighted by Crippen LogP contribution is -2.30. The Bertz CT molecular complexity index is 590. The number of benzene rings is 1. The Morgan fingerprint density at radius 1 is 1.32 bits per heavy atom. The van der Waals surface area contributed by atoms with E-state index in [0.717, 1.165) is 11.1 Å². The summed E-state index contributed by atoms with van der Waals surface area (Å²) in [6.45, 7) is 3.84. The first-order valence-electron chi connectivity index (χ1n) is 5.93. The van der Waals surface area contributed by atoms with Gasteiger partial charge in [-0.3, -0.25) is 4.79 Å². The minimum Gasteiger partial charge on any atom is -0.390 e. The highest BCUT2D eigenvalue weighted by Crippen LogP contribution is 2.34. The maximum absolute atomic E-state index is 12.2. The molecule has 1 aromatic carbocycles. The van der Waals surface area contributed by atoms with Crippen molar-refractivity contribution in [2.24, 2.45) is 0 Å². The van der Waals surface area contributed by atoms with Gasteiger partial charge in [-0.1, -0.05) is 23.7 Å². The molecular weight excluding hydrogens is 280 g/mol. The monoisotopic (exact) mass is 294 g/mol. The maximum Gasteiger partial charge on any atom is 0.255 e. The van der Waals surface area contributed by atoms with Crippen molar-refractivity contribution in [3.05, 3.63) is 40.2 Å². The number of carbonyl (C=O) groups is 1. The summed E-state index contributed by atoms with van der Waals surface area (Å²) in [4.78, 5) is 12.2. The molecule has 0 spiro atoms. The number of amides is 1. The van der Waals surface area contributed by atoms with Crippen LogP contribution in [0.4, 0.5) is 5.00 Å². The molecule has 0 saturated heterocycles. The van der Waals surface area contributed by atoms with Crippen molar-refractivity contribution in [1.82, 2.24) is 5.32 Å². The van der Waals surface area contributed by atoms with E-state index in [4.69, 9.17) is 17.3 Å². The van der Waals surface area contributed by atoms with E-state index in [1.54, 1.807) is 12.1 Å². The van der Waals surface area contributed by atoms with Crippen molar-refractivity contribution >= 4 is 33.8 Å². The number of rotatable bonds is 3. The fourth-order valence-corrected chi connectivity index (χ4v) is 2.73. The molecule has 0 aliphatic heterocycles. The van der Waals surface area contributed by atoms with Crippen LogP contribution in [0.3, 0.4) is 0 Å². The zero-order valence-corrected chi connectivity index (χ0v) is 12.3. The van der Waals surface area contributed by atoms with Gasteiger partial charge in [0.1, 0.15) is 0 Å². The van der Waals surface area contributed by atoms with Crippen molar-refractivity contribution in [3.63, 3.8) is 0 Å². The van der Waals surface area contributed by atoms with Gasteiger partial charge in [0.15, 0.2) is 0 Å². The summed E-state index contributed by atoms with van der Waals surface area (Å²) in [5.41, 5.74) is 8.24. The van der Waals surface area contributed by atoms with E-state index in [0.29, 0.717) is 15.6 Å². The molecule has 0 aliphatic carbocycles. The van der Waals surface area contributed by atoms with Gasteiger partial charge in [0, 0.05) is 22.0 Å². The normalized spacial score (nSPS) is 10.7. The molecule has 0 atom stereocenters. The predicted octanol–water partition coefficient (Wildman–Crippen LogP) is 3.79. The van der Waals surface area contributed by atoms with Crippen molar-refractivity contribution < 1.29 is 4.79 Å². The second kappa shape index (κ2) is 5.63. The number of nitrogens with two attached hydrogens (primary N) is 1. The fraction of sp³-hybridized carbons (Fsp3) is 0.214. The van der Waals surface area contributed by atoms with Crippen molar-refractivity contribution in [1.29, 1.82) is 0 Å². The van der Waals surface area contributed by atoms with Gasteiger partial charge in [-0.15, -0.1) is 11.3 Å². The number of nitrogen functional groups attached to an aromatic ring is 1. The summed E-state index contributed by atoms with van der Waals surface area (Å²) < 4.78 is 0. The van der Waals surface area contributed by atoms with Crippen molar-refractivity contribution in [3.8, 4) is 11.1 Å². The summed E-state index contributed by atoms with van der Waals surface area (Å²) in [6, 6.07) is 7.44. The third-order valence-corrected chi connectivity index (χ3v) is 3.69. The van der Waals surface area contributed by atoms with E-state index >= 15 is 0 Å². The summed E-state index contributed by atoms with van der Waals surface area (Å²) in [7, 11) is 0. The van der Waals surface area contributed by atoms with Gasteiger partial charge in [0.2, 0.25) is 0 Å². The second-order valence-electron chi connectivity index (χ2n) is 4.52. The Morgan fingerprint density at radius 2 is 1.95 bits per heavy atom. The molecule has 1 aromatic heterocycles. The van der Waals surface area contributed by atoms with Crippen LogP contribution in [0.5, 0.6) is 0 Å². The molecule has 2 aromatic rings. The van der Waals surface area contributed by atoms with Crippen LogP contribution in [0, 0.1) is 0 Å². The van der Waals surface area contributed by atoms with Crippen LogP contribution in [0.25, 0.3) is 11.1 Å². The van der Waals surface area contributed by atoms with Crippen LogP contribution >= 0.6 is 22.9 Å². The molecule has 3 N–H and O–H groups in total. The van der Waals surface area contributed by atoms with E-state index in [2.05, 4.69) is 5.32 Å². The van der Waals surface area contributed by atoms with E-state index in [9.17, 15) is 4.79 Å². The third kappa shape index (κ3) is 3.08. The van der Waals surface area contributed by atoms with E-state index in [1.807, 2.05) is 31.4 Å². The fourth-order valence-electron chi connectivity index (χ4n) is 1.78. The molecule has 0 unspecified atom stereocenters. The van der Waals surface area contributed by atoms with Gasteiger partial charge >= 0.3 is 0 Å². The van der Waals surface area contributed by atoms with Gasteiger partial charge in [0.05, 0.1) is 10.6 Å². The molecule has 1 amide bonds. The predicted molar refractivity (Wildman–Crippen MR) is 81.8 cm³/mol. The van der Waals surface area contributed by atoms with Crippen molar-refractivity contribution in [2.45, 2.75) is 19.9 Å². The molecule has 19 heavy (non-hydrogen) atoms. The van der Waals surface area contributed by atoms with E-state index in [1.165, 1.54) is 11.3 Å². The Balaban J connectivity index is 2.42. The molecule has 0 bridgehead atoms. The summed E-state index contributed by atoms with van der Waals surface area (Å²) in [6.07, 6.45) is 0. The minimum absolute atomic E-state index is 0.0740. The van der Waals surface area contributed by atoms with Crippen LogP contribution in [0.1, 0.15) is 24.2 Å². The second-order valence-corrected chi connectivity index (χ2v) is 5.87. The quantitative estimate of drug-likeness (QED) is 0.905. The Hall–Kier alpha value is -1.52. The first-order chi connectivity index (χ1) is 8.99. The number of thiophene rings is 1. The summed E-state index contributed by atoms with van der Waals surface area (Å²) >= 11 is 7.24. The first-order valence-corrected chi connectivity index (χ1v) is 7.18. The smallest absolute Gasteiger partial charge is 0.255 e. The number of anilines is 1. The zero-order valence-electron chi connectivity index (χ0n) is 10.7. The average Bonchev–Trinajstić information content (AvgIpc) is 2.71. The topological polar surface area (TPSA) is 55.1 Å². The van der Waals surface area contributed by atoms with E-state index in [-0.39, 0.29) is 11.9 Å². The lowest BCUT2D eigenvalue weighted by Gasteiger charge is -2.10. The zero-order chi connectivity index (χ0) is 14.0. The van der Waals surface area contributed by atoms with Crippen LogP contribution in [-0.4, -0.2) is 11.9 Å². The molecule has 0 aliphatic rings. The number of nitrogens with one attached hydrogen (secondary N) is 1. The van der Waals surface area contributed by atoms with Gasteiger partial charge in [-0.05, 0) is 31.5 Å². The summed E-state index contributed by atoms with van der Waals surface area (Å²) in [5.74, 6) is -0.140. The van der Waals surface area contributed by atoms with Gasteiger partial charge < -0.3 is 11.1 Å². The first kappa shape index (κ1) is 13.9. The van der Waals surface area contributed by atoms with Gasteiger partial charge in [-0.2, -0.15) is 0 Å². The van der Waals surface area contributed by atoms with Crippen LogP contribution in [0.15, 0.2) is 29.6 Å². The number of hydrogen-bond acceptors (Lipinski definition) is 3. The molecule has 100 valence electrons. The Morgan fingerprint density at radius 3 is 2.53 bits per heavy atom. The Labute approximate surface area is 121 Å². The SMILES string of the molecule is CC(C)NC(=O)c1c(-c2ccc(Cl)cc2)csc1N. The van der Waals surface area contributed by atoms with E-state index < -0.39 is 0 Å². The standard InChI is InChI=1S/C14H15ClN2OS/c1-8(2)17-14(18)12-11(7-19-13(12)16)9-3-5-10(15)6-4-9/h3-8H,16H2,1-2H3,(H,17,18). The van der Waals surface area contributed by atoms with Crippen LogP contribution in [0.2, 0.25) is 5.02 Å². The molecule has 3 nitrogen and oxygen atoms in total. The highest BCUT2D eigenvalue weighted by Gasteiger charge is 2.18. The van der Waals surface area contributed by atoms with Crippen molar-refractivity contribution in [2.75, 3.05) is 5.73 Å². The number of hydrogen-bond donors (Lipinski definition) is 2. The molecule has 0 fully saturated rings. The van der Waals surface area contributed by atoms with Crippen LogP contribution in [-0.2, 0) is 0 Å². The largest absolute Gasteiger partial charge is 0.390 e. The molecule has 2 rings (SSSR count). The molecule has 0 saturated carbocycles. The molecule has 5 heteroatoms. The third-order valence-electron chi connectivity index (χ3n) is 2.62. The number of halogens is 1.